The van der Waals surface area contributed by atoms with Gasteiger partial charge in [-0.2, -0.15) is 0 Å². The molecule has 0 aliphatic rings. The quantitative estimate of drug-likeness (QED) is 0.161. The monoisotopic (exact) mass is 779 g/mol. The maximum Gasteiger partial charge on any atom is 0.159 e. The molecular formula is C58H37NO2. The number of anilines is 3. The van der Waals surface area contributed by atoms with Gasteiger partial charge in [0, 0.05) is 43.6 Å². The molecule has 0 bridgehead atoms. The lowest BCUT2D eigenvalue weighted by Gasteiger charge is -2.27. The Labute approximate surface area is 353 Å². The highest BCUT2D eigenvalue weighted by atomic mass is 16.3. The number of rotatable bonds is 7. The summed E-state index contributed by atoms with van der Waals surface area (Å²) in [5.41, 5.74) is 15.6. The second kappa shape index (κ2) is 14.3. The number of benzene rings is 10. The third-order valence-electron chi connectivity index (χ3n) is 12.1. The van der Waals surface area contributed by atoms with Crippen LogP contribution in [0.4, 0.5) is 17.1 Å². The lowest BCUT2D eigenvalue weighted by Crippen LogP contribution is -2.11. The highest BCUT2D eigenvalue weighted by molar-refractivity contribution is 6.23. The van der Waals surface area contributed by atoms with Gasteiger partial charge in [-0.1, -0.05) is 182 Å². The Bertz CT molecular complexity index is 3570. The van der Waals surface area contributed by atoms with Gasteiger partial charge in [-0.05, 0) is 81.4 Å². The predicted octanol–water partition coefficient (Wildman–Crippen LogP) is 16.8. The summed E-state index contributed by atoms with van der Waals surface area (Å²) in [6.45, 7) is 0. The van der Waals surface area contributed by atoms with Gasteiger partial charge >= 0.3 is 0 Å². The third-order valence-corrected chi connectivity index (χ3v) is 12.1. The largest absolute Gasteiger partial charge is 0.455 e. The van der Waals surface area contributed by atoms with Crippen LogP contribution < -0.4 is 4.90 Å². The van der Waals surface area contributed by atoms with Crippen LogP contribution in [0.2, 0.25) is 0 Å². The Balaban J connectivity index is 1.14. The summed E-state index contributed by atoms with van der Waals surface area (Å²) in [6, 6.07) is 79.7. The molecule has 0 fully saturated rings. The molecule has 0 N–H and O–H groups in total. The van der Waals surface area contributed by atoms with E-state index in [1.807, 2.05) is 12.1 Å². The summed E-state index contributed by atoms with van der Waals surface area (Å²) >= 11 is 0. The van der Waals surface area contributed by atoms with Crippen molar-refractivity contribution in [2.45, 2.75) is 0 Å². The second-order valence-electron chi connectivity index (χ2n) is 15.6. The van der Waals surface area contributed by atoms with E-state index in [2.05, 4.69) is 217 Å². The van der Waals surface area contributed by atoms with Gasteiger partial charge in [-0.3, -0.25) is 0 Å². The van der Waals surface area contributed by atoms with Gasteiger partial charge in [0.15, 0.2) is 5.58 Å². The van der Waals surface area contributed by atoms with Crippen LogP contribution >= 0.6 is 0 Å². The van der Waals surface area contributed by atoms with E-state index in [1.54, 1.807) is 0 Å². The topological polar surface area (TPSA) is 29.5 Å². The van der Waals surface area contributed by atoms with Crippen molar-refractivity contribution in [2.24, 2.45) is 0 Å². The molecule has 0 saturated carbocycles. The summed E-state index contributed by atoms with van der Waals surface area (Å²) in [5, 5.41) is 6.39. The Kier molecular flexibility index (Phi) is 8.17. The van der Waals surface area contributed by atoms with Crippen LogP contribution in [0.25, 0.3) is 99.2 Å². The van der Waals surface area contributed by atoms with E-state index in [1.165, 1.54) is 11.1 Å². The average Bonchev–Trinajstić information content (AvgIpc) is 3.92. The van der Waals surface area contributed by atoms with Gasteiger partial charge in [0.05, 0.1) is 11.4 Å². The minimum atomic E-state index is 0.838. The molecule has 3 nitrogen and oxygen atoms in total. The van der Waals surface area contributed by atoms with Gasteiger partial charge < -0.3 is 13.7 Å². The van der Waals surface area contributed by atoms with Crippen molar-refractivity contribution in [3.63, 3.8) is 0 Å². The zero-order valence-electron chi connectivity index (χ0n) is 33.1. The number of para-hydroxylation sites is 2. The number of hydrogen-bond donors (Lipinski definition) is 0. The normalized spacial score (nSPS) is 11.6. The number of hydrogen-bond acceptors (Lipinski definition) is 3. The molecule has 0 saturated heterocycles. The van der Waals surface area contributed by atoms with Crippen LogP contribution in [0.3, 0.4) is 0 Å². The molecule has 2 aromatic heterocycles. The molecular weight excluding hydrogens is 743 g/mol. The van der Waals surface area contributed by atoms with Crippen LogP contribution in [-0.4, -0.2) is 0 Å². The fourth-order valence-electron chi connectivity index (χ4n) is 9.21. The van der Waals surface area contributed by atoms with E-state index < -0.39 is 0 Å². The van der Waals surface area contributed by atoms with Crippen LogP contribution in [0.1, 0.15) is 0 Å². The third kappa shape index (κ3) is 5.82. The lowest BCUT2D eigenvalue weighted by atomic mass is 9.90. The van der Waals surface area contributed by atoms with Gasteiger partial charge in [-0.25, -0.2) is 0 Å². The van der Waals surface area contributed by atoms with Crippen LogP contribution in [0.15, 0.2) is 233 Å². The standard InChI is InChI=1S/C58H37NO2/c1-4-16-38(17-5-1)40-30-32-44(33-31-40)59(52-28-15-27-49-47-25-12-13-29-54(47)60-57(49)52)53-37-51-50-35-34-45(41-20-8-3-9-21-41)55(58(50)61-56(51)48-26-11-10-24-46(48)53)43-23-14-22-42(36-43)39-18-6-2-7-19-39/h1-37H. The number of nitrogens with zero attached hydrogens (tertiary/aromatic N) is 1. The van der Waals surface area contributed by atoms with Gasteiger partial charge in [0.2, 0.25) is 0 Å². The van der Waals surface area contributed by atoms with Crippen molar-refractivity contribution in [3.05, 3.63) is 224 Å². The van der Waals surface area contributed by atoms with Crippen molar-refractivity contribution >= 4 is 71.7 Å². The summed E-state index contributed by atoms with van der Waals surface area (Å²) in [4.78, 5) is 2.36. The molecule has 61 heavy (non-hydrogen) atoms. The minimum Gasteiger partial charge on any atom is -0.455 e. The highest BCUT2D eigenvalue weighted by Crippen LogP contribution is 2.50. The molecule has 12 aromatic rings. The minimum absolute atomic E-state index is 0.838. The fourth-order valence-corrected chi connectivity index (χ4v) is 9.21. The van der Waals surface area contributed by atoms with Crippen molar-refractivity contribution in [1.82, 2.24) is 0 Å². The first-order chi connectivity index (χ1) is 30.3. The average molecular weight is 780 g/mol. The smallest absolute Gasteiger partial charge is 0.159 e. The first-order valence-electron chi connectivity index (χ1n) is 20.7. The molecule has 0 atom stereocenters. The van der Waals surface area contributed by atoms with Gasteiger partial charge in [0.25, 0.3) is 0 Å². The van der Waals surface area contributed by atoms with Crippen molar-refractivity contribution < 1.29 is 8.83 Å². The maximum atomic E-state index is 7.24. The molecule has 10 aromatic carbocycles. The maximum absolute atomic E-state index is 7.24. The lowest BCUT2D eigenvalue weighted by molar-refractivity contribution is 0.669. The summed E-state index contributed by atoms with van der Waals surface area (Å²) in [7, 11) is 0. The predicted molar refractivity (Wildman–Crippen MR) is 255 cm³/mol. The second-order valence-corrected chi connectivity index (χ2v) is 15.6. The van der Waals surface area contributed by atoms with E-state index in [4.69, 9.17) is 8.83 Å². The molecule has 12 rings (SSSR count). The molecule has 0 unspecified atom stereocenters. The molecule has 2 heterocycles. The molecule has 0 aliphatic carbocycles. The summed E-state index contributed by atoms with van der Waals surface area (Å²) in [6.07, 6.45) is 0. The first-order valence-corrected chi connectivity index (χ1v) is 20.7. The summed E-state index contributed by atoms with van der Waals surface area (Å²) in [5.74, 6) is 0. The molecule has 0 spiro atoms. The zero-order valence-corrected chi connectivity index (χ0v) is 33.1. The Morgan fingerprint density at radius 1 is 0.279 bits per heavy atom. The van der Waals surface area contributed by atoms with Crippen molar-refractivity contribution in [1.29, 1.82) is 0 Å². The first kappa shape index (κ1) is 34.9. The number of furan rings is 2. The zero-order chi connectivity index (χ0) is 40.3. The van der Waals surface area contributed by atoms with E-state index in [9.17, 15) is 0 Å². The SMILES string of the molecule is c1ccc(-c2ccc(N(c3cc4c5ccc(-c6ccccc6)c(-c6cccc(-c7ccccc7)c6)c5oc4c4ccccc34)c3cccc4c3oc3ccccc34)cc2)cc1. The molecule has 0 aliphatic heterocycles. The highest BCUT2D eigenvalue weighted by Gasteiger charge is 2.25. The van der Waals surface area contributed by atoms with E-state index in [0.29, 0.717) is 0 Å². The van der Waals surface area contributed by atoms with Gasteiger partial charge in [0.1, 0.15) is 16.7 Å². The van der Waals surface area contributed by atoms with Crippen LogP contribution in [0, 0.1) is 0 Å². The van der Waals surface area contributed by atoms with Crippen molar-refractivity contribution in [3.8, 4) is 44.5 Å². The van der Waals surface area contributed by atoms with Gasteiger partial charge in [-0.15, -0.1) is 0 Å². The van der Waals surface area contributed by atoms with Crippen LogP contribution in [-0.2, 0) is 0 Å². The van der Waals surface area contributed by atoms with E-state index in [-0.39, 0.29) is 0 Å². The molecule has 0 amide bonds. The Hall–Kier alpha value is -8.14. The summed E-state index contributed by atoms with van der Waals surface area (Å²) < 4.78 is 14.0. The molecule has 286 valence electrons. The van der Waals surface area contributed by atoms with E-state index in [0.717, 1.165) is 105 Å². The fraction of sp³-hybridized carbons (Fsp3) is 0. The van der Waals surface area contributed by atoms with Crippen molar-refractivity contribution in [2.75, 3.05) is 4.90 Å². The molecule has 0 radical (unpaired) electrons. The number of fused-ring (bicyclic) bond motifs is 8. The van der Waals surface area contributed by atoms with Crippen LogP contribution in [0.5, 0.6) is 0 Å². The Morgan fingerprint density at radius 2 is 0.820 bits per heavy atom. The van der Waals surface area contributed by atoms with E-state index >= 15 is 0 Å². The Morgan fingerprint density at radius 3 is 1.57 bits per heavy atom. The molecule has 3 heteroatoms.